The standard InChI is InChI=1S/C17H13NO6/c1-9(19)10-2-5-12(6-3-10)18-15(20)13-7-4-11(16(21)22)8-14(13)17(23)24/h2-8H,1H3,(H,18,20)(H,21,22)(H,23,24)/p-2. The molecule has 0 aliphatic carbocycles. The second-order valence-corrected chi connectivity index (χ2v) is 4.92. The maximum atomic E-state index is 12.2. The second kappa shape index (κ2) is 6.74. The molecule has 2 aromatic carbocycles. The molecule has 24 heavy (non-hydrogen) atoms. The first-order valence-electron chi connectivity index (χ1n) is 6.78. The average Bonchev–Trinajstić information content (AvgIpc) is 2.54. The quantitative estimate of drug-likeness (QED) is 0.763. The van der Waals surface area contributed by atoms with Gasteiger partial charge in [-0.1, -0.05) is 6.07 Å². The van der Waals surface area contributed by atoms with Gasteiger partial charge in [-0.05, 0) is 48.9 Å². The van der Waals surface area contributed by atoms with Gasteiger partial charge in [-0.2, -0.15) is 0 Å². The van der Waals surface area contributed by atoms with Crippen molar-refractivity contribution in [1.82, 2.24) is 0 Å². The molecule has 0 aliphatic rings. The van der Waals surface area contributed by atoms with E-state index in [1.165, 1.54) is 31.2 Å². The van der Waals surface area contributed by atoms with Crippen LogP contribution in [0.1, 0.15) is 48.4 Å². The van der Waals surface area contributed by atoms with Gasteiger partial charge in [0.15, 0.2) is 5.78 Å². The van der Waals surface area contributed by atoms with Crippen molar-refractivity contribution in [2.75, 3.05) is 5.32 Å². The van der Waals surface area contributed by atoms with E-state index in [0.717, 1.165) is 18.2 Å². The Morgan fingerprint density at radius 2 is 1.38 bits per heavy atom. The van der Waals surface area contributed by atoms with Crippen molar-refractivity contribution in [2.45, 2.75) is 6.92 Å². The van der Waals surface area contributed by atoms with Crippen molar-refractivity contribution in [3.05, 3.63) is 64.7 Å². The van der Waals surface area contributed by atoms with Crippen LogP contribution in [-0.2, 0) is 0 Å². The molecule has 0 radical (unpaired) electrons. The monoisotopic (exact) mass is 325 g/mol. The number of benzene rings is 2. The van der Waals surface area contributed by atoms with Gasteiger partial charge in [-0.15, -0.1) is 0 Å². The molecule has 0 heterocycles. The van der Waals surface area contributed by atoms with E-state index in [4.69, 9.17) is 0 Å². The normalized spacial score (nSPS) is 10.0. The molecule has 7 heteroatoms. The minimum Gasteiger partial charge on any atom is -0.545 e. The Labute approximate surface area is 136 Å². The summed E-state index contributed by atoms with van der Waals surface area (Å²) in [5.41, 5.74) is -0.387. The summed E-state index contributed by atoms with van der Waals surface area (Å²) in [6.45, 7) is 1.40. The summed E-state index contributed by atoms with van der Waals surface area (Å²) in [6.07, 6.45) is 0. The number of rotatable bonds is 5. The van der Waals surface area contributed by atoms with E-state index in [1.807, 2.05) is 0 Å². The number of amides is 1. The molecule has 1 amide bonds. The Morgan fingerprint density at radius 3 is 1.88 bits per heavy atom. The predicted octanol–water partition coefficient (Wildman–Crippen LogP) is -0.132. The lowest BCUT2D eigenvalue weighted by Gasteiger charge is -2.13. The van der Waals surface area contributed by atoms with Crippen LogP contribution in [0.4, 0.5) is 5.69 Å². The number of carboxylic acid groups (broad SMARTS) is 2. The largest absolute Gasteiger partial charge is 0.545 e. The number of hydrogen-bond donors (Lipinski definition) is 1. The number of nitrogens with one attached hydrogen (secondary N) is 1. The molecule has 0 bridgehead atoms. The van der Waals surface area contributed by atoms with Crippen molar-refractivity contribution in [1.29, 1.82) is 0 Å². The lowest BCUT2D eigenvalue weighted by atomic mass is 10.0. The third-order valence-electron chi connectivity index (χ3n) is 3.27. The van der Waals surface area contributed by atoms with Crippen LogP contribution in [-0.4, -0.2) is 23.6 Å². The van der Waals surface area contributed by atoms with Crippen LogP contribution in [0, 0.1) is 0 Å². The van der Waals surface area contributed by atoms with Gasteiger partial charge >= 0.3 is 0 Å². The smallest absolute Gasteiger partial charge is 0.256 e. The van der Waals surface area contributed by atoms with Gasteiger partial charge in [0.2, 0.25) is 0 Å². The Kier molecular flexibility index (Phi) is 4.74. The van der Waals surface area contributed by atoms with Gasteiger partial charge in [0, 0.05) is 22.4 Å². The first-order chi connectivity index (χ1) is 11.3. The van der Waals surface area contributed by atoms with E-state index in [2.05, 4.69) is 5.32 Å². The van der Waals surface area contributed by atoms with Crippen LogP contribution in [0.25, 0.3) is 0 Å². The SMILES string of the molecule is CC(=O)c1ccc(NC(=O)c2ccc(C(=O)[O-])cc2C(=O)[O-])cc1. The highest BCUT2D eigenvalue weighted by Gasteiger charge is 2.14. The zero-order chi connectivity index (χ0) is 17.9. The minimum atomic E-state index is -1.69. The van der Waals surface area contributed by atoms with Crippen LogP contribution in [0.5, 0.6) is 0 Å². The van der Waals surface area contributed by atoms with Crippen LogP contribution in [0.2, 0.25) is 0 Å². The number of carbonyl (C=O) groups excluding carboxylic acids is 4. The fourth-order valence-corrected chi connectivity index (χ4v) is 2.02. The third kappa shape index (κ3) is 3.64. The third-order valence-corrected chi connectivity index (χ3v) is 3.27. The van der Waals surface area contributed by atoms with Crippen molar-refractivity contribution in [2.24, 2.45) is 0 Å². The summed E-state index contributed by atoms with van der Waals surface area (Å²) in [7, 11) is 0. The first-order valence-corrected chi connectivity index (χ1v) is 6.78. The van der Waals surface area contributed by atoms with E-state index in [9.17, 15) is 29.4 Å². The van der Waals surface area contributed by atoms with Crippen molar-refractivity contribution in [3.8, 4) is 0 Å². The summed E-state index contributed by atoms with van der Waals surface area (Å²) < 4.78 is 0. The molecule has 7 nitrogen and oxygen atoms in total. The van der Waals surface area contributed by atoms with E-state index >= 15 is 0 Å². The number of anilines is 1. The Bertz CT molecular complexity index is 839. The van der Waals surface area contributed by atoms with Crippen molar-refractivity contribution >= 4 is 29.3 Å². The molecule has 1 N–H and O–H groups in total. The van der Waals surface area contributed by atoms with E-state index in [1.54, 1.807) is 0 Å². The number of aromatic carboxylic acids is 2. The molecule has 122 valence electrons. The summed E-state index contributed by atoms with van der Waals surface area (Å²) >= 11 is 0. The van der Waals surface area contributed by atoms with Crippen LogP contribution < -0.4 is 15.5 Å². The highest BCUT2D eigenvalue weighted by atomic mass is 16.4. The lowest BCUT2D eigenvalue weighted by molar-refractivity contribution is -0.255. The average molecular weight is 325 g/mol. The molecule has 0 saturated heterocycles. The Morgan fingerprint density at radius 1 is 0.792 bits per heavy atom. The zero-order valence-corrected chi connectivity index (χ0v) is 12.5. The number of Topliss-reactive ketones (excluding diaryl/α,β-unsaturated/α-hetero) is 1. The summed E-state index contributed by atoms with van der Waals surface area (Å²) in [5, 5.41) is 24.4. The number of carboxylic acids is 2. The van der Waals surface area contributed by atoms with Gasteiger partial charge in [0.1, 0.15) is 0 Å². The molecular weight excluding hydrogens is 314 g/mol. The topological polar surface area (TPSA) is 126 Å². The molecule has 0 atom stereocenters. The molecule has 0 aromatic heterocycles. The molecule has 0 fully saturated rings. The maximum Gasteiger partial charge on any atom is 0.256 e. The van der Waals surface area contributed by atoms with Crippen molar-refractivity contribution < 1.29 is 29.4 Å². The van der Waals surface area contributed by atoms with E-state index in [-0.39, 0.29) is 16.9 Å². The summed E-state index contributed by atoms with van der Waals surface area (Å²) in [5.74, 6) is -4.14. The first kappa shape index (κ1) is 16.9. The summed E-state index contributed by atoms with van der Waals surface area (Å²) in [6, 6.07) is 8.93. The van der Waals surface area contributed by atoms with E-state index < -0.39 is 23.4 Å². The number of hydrogen-bond acceptors (Lipinski definition) is 6. The molecule has 0 saturated carbocycles. The lowest BCUT2D eigenvalue weighted by Crippen LogP contribution is -2.28. The van der Waals surface area contributed by atoms with Crippen LogP contribution in [0.15, 0.2) is 42.5 Å². The zero-order valence-electron chi connectivity index (χ0n) is 12.5. The predicted molar refractivity (Wildman–Crippen MR) is 79.5 cm³/mol. The minimum absolute atomic E-state index is 0.134. The number of carbonyl (C=O) groups is 4. The number of ketones is 1. The Hall–Kier alpha value is -3.48. The van der Waals surface area contributed by atoms with Gasteiger partial charge in [-0.25, -0.2) is 0 Å². The van der Waals surface area contributed by atoms with Crippen molar-refractivity contribution in [3.63, 3.8) is 0 Å². The maximum absolute atomic E-state index is 12.2. The Balaban J connectivity index is 2.30. The molecule has 2 rings (SSSR count). The molecule has 2 aromatic rings. The highest BCUT2D eigenvalue weighted by molar-refractivity contribution is 6.11. The fraction of sp³-hybridized carbons (Fsp3) is 0.0588. The molecule has 0 aliphatic heterocycles. The second-order valence-electron chi connectivity index (χ2n) is 4.92. The van der Waals surface area contributed by atoms with Crippen LogP contribution >= 0.6 is 0 Å². The fourth-order valence-electron chi connectivity index (χ4n) is 2.02. The molecule has 0 spiro atoms. The van der Waals surface area contributed by atoms with Gasteiger partial charge in [0.25, 0.3) is 5.91 Å². The van der Waals surface area contributed by atoms with Crippen LogP contribution in [0.3, 0.4) is 0 Å². The van der Waals surface area contributed by atoms with Gasteiger partial charge < -0.3 is 25.1 Å². The molecular formula is C17H11NO6-2. The summed E-state index contributed by atoms with van der Waals surface area (Å²) in [4.78, 5) is 45.3. The molecule has 0 unspecified atom stereocenters. The van der Waals surface area contributed by atoms with Gasteiger partial charge in [-0.3, -0.25) is 9.59 Å². The highest BCUT2D eigenvalue weighted by Crippen LogP contribution is 2.16. The van der Waals surface area contributed by atoms with E-state index in [0.29, 0.717) is 11.3 Å². The van der Waals surface area contributed by atoms with Gasteiger partial charge in [0.05, 0.1) is 11.9 Å².